The average Bonchev–Trinajstić information content (AvgIpc) is 3.06. The average molecular weight is 320 g/mol. The minimum Gasteiger partial charge on any atom is -0.467 e. The highest BCUT2D eigenvalue weighted by molar-refractivity contribution is 5.81. The van der Waals surface area contributed by atoms with Gasteiger partial charge in [-0.3, -0.25) is 4.79 Å². The van der Waals surface area contributed by atoms with E-state index in [1.165, 1.54) is 6.42 Å². The molecule has 23 heavy (non-hydrogen) atoms. The van der Waals surface area contributed by atoms with Gasteiger partial charge in [0.15, 0.2) is 5.96 Å². The highest BCUT2D eigenvalue weighted by Gasteiger charge is 2.20. The van der Waals surface area contributed by atoms with Crippen LogP contribution in [0.25, 0.3) is 0 Å². The van der Waals surface area contributed by atoms with E-state index >= 15 is 0 Å². The summed E-state index contributed by atoms with van der Waals surface area (Å²) in [4.78, 5) is 18.7. The minimum absolute atomic E-state index is 0.228. The molecule has 1 aromatic rings. The van der Waals surface area contributed by atoms with E-state index in [2.05, 4.69) is 22.5 Å². The summed E-state index contributed by atoms with van der Waals surface area (Å²) in [5.74, 6) is 2.38. The van der Waals surface area contributed by atoms with Crippen molar-refractivity contribution in [3.8, 4) is 0 Å². The van der Waals surface area contributed by atoms with Crippen LogP contribution in [0.2, 0.25) is 0 Å². The van der Waals surface area contributed by atoms with Gasteiger partial charge in [0, 0.05) is 32.6 Å². The number of aliphatic imine (C=N–C) groups is 1. The third kappa shape index (κ3) is 5.96. The van der Waals surface area contributed by atoms with Gasteiger partial charge in [0.2, 0.25) is 5.91 Å². The summed E-state index contributed by atoms with van der Waals surface area (Å²) in [5, 5.41) is 6.39. The summed E-state index contributed by atoms with van der Waals surface area (Å²) in [6.07, 6.45) is 4.49. The van der Waals surface area contributed by atoms with Crippen LogP contribution in [0.15, 0.2) is 27.8 Å². The Morgan fingerprint density at radius 2 is 2.35 bits per heavy atom. The number of nitrogens with one attached hydrogen (secondary N) is 2. The van der Waals surface area contributed by atoms with E-state index in [1.807, 2.05) is 24.0 Å². The zero-order chi connectivity index (χ0) is 16.5. The zero-order valence-corrected chi connectivity index (χ0v) is 14.2. The minimum atomic E-state index is 0.228. The second-order valence-corrected chi connectivity index (χ2v) is 6.04. The first-order chi connectivity index (χ1) is 11.2. The first-order valence-electron chi connectivity index (χ1n) is 8.51. The van der Waals surface area contributed by atoms with Gasteiger partial charge in [0.05, 0.1) is 6.26 Å². The number of amides is 1. The van der Waals surface area contributed by atoms with E-state index in [9.17, 15) is 4.79 Å². The molecule has 0 spiro atoms. The smallest absolute Gasteiger partial charge is 0.224 e. The van der Waals surface area contributed by atoms with Gasteiger partial charge < -0.3 is 20.0 Å². The van der Waals surface area contributed by atoms with Crippen LogP contribution < -0.4 is 10.6 Å². The Balaban J connectivity index is 1.74. The third-order valence-electron chi connectivity index (χ3n) is 3.96. The number of carbonyl (C=O) groups excluding carboxylic acids is 1. The SMILES string of the molecule is CCNC(=NCc1ccco1)NCCC(=O)N1CCCC(C)C1. The van der Waals surface area contributed by atoms with Crippen molar-refractivity contribution in [2.75, 3.05) is 26.2 Å². The number of furan rings is 1. The maximum atomic E-state index is 12.2. The van der Waals surface area contributed by atoms with E-state index in [1.54, 1.807) is 6.26 Å². The lowest BCUT2D eigenvalue weighted by Gasteiger charge is -2.31. The molecule has 128 valence electrons. The lowest BCUT2D eigenvalue weighted by atomic mass is 10.00. The topological polar surface area (TPSA) is 69.9 Å². The molecule has 6 heteroatoms. The van der Waals surface area contributed by atoms with Crippen LogP contribution in [0, 0.1) is 5.92 Å². The Kier molecular flexibility index (Phi) is 6.97. The maximum absolute atomic E-state index is 12.2. The van der Waals surface area contributed by atoms with Crippen molar-refractivity contribution < 1.29 is 9.21 Å². The molecule has 6 nitrogen and oxygen atoms in total. The Labute approximate surface area is 138 Å². The van der Waals surface area contributed by atoms with Gasteiger partial charge in [-0.25, -0.2) is 4.99 Å². The zero-order valence-electron chi connectivity index (χ0n) is 14.2. The van der Waals surface area contributed by atoms with Crippen molar-refractivity contribution >= 4 is 11.9 Å². The molecule has 1 atom stereocenters. The molecule has 2 N–H and O–H groups in total. The predicted octanol–water partition coefficient (Wildman–Crippen LogP) is 1.98. The van der Waals surface area contributed by atoms with Crippen LogP contribution in [0.1, 0.15) is 38.9 Å². The third-order valence-corrected chi connectivity index (χ3v) is 3.96. The summed E-state index contributed by atoms with van der Waals surface area (Å²) in [6.45, 7) is 7.88. The van der Waals surface area contributed by atoms with E-state index in [4.69, 9.17) is 4.42 Å². The van der Waals surface area contributed by atoms with Gasteiger partial charge in [-0.2, -0.15) is 0 Å². The Morgan fingerprint density at radius 3 is 3.04 bits per heavy atom. The molecule has 1 aliphatic heterocycles. The molecule has 1 fully saturated rings. The predicted molar refractivity (Wildman–Crippen MR) is 91.1 cm³/mol. The highest BCUT2D eigenvalue weighted by atomic mass is 16.3. The molecular formula is C17H28N4O2. The standard InChI is InChI=1S/C17H28N4O2/c1-3-18-17(20-12-15-7-5-11-23-15)19-9-8-16(22)21-10-4-6-14(2)13-21/h5,7,11,14H,3-4,6,8-10,12-13H2,1-2H3,(H2,18,19,20). The first-order valence-corrected chi connectivity index (χ1v) is 8.51. The normalized spacial score (nSPS) is 18.8. The van der Waals surface area contributed by atoms with E-state index < -0.39 is 0 Å². The van der Waals surface area contributed by atoms with Gasteiger partial charge in [-0.1, -0.05) is 6.92 Å². The Hall–Kier alpha value is -1.98. The molecule has 0 saturated carbocycles. The molecule has 0 aromatic carbocycles. The Bertz CT molecular complexity index is 499. The largest absolute Gasteiger partial charge is 0.467 e. The van der Waals surface area contributed by atoms with Crippen molar-refractivity contribution in [3.63, 3.8) is 0 Å². The van der Waals surface area contributed by atoms with Gasteiger partial charge >= 0.3 is 0 Å². The molecule has 0 aliphatic carbocycles. The molecule has 1 saturated heterocycles. The summed E-state index contributed by atoms with van der Waals surface area (Å²) in [6, 6.07) is 3.75. The van der Waals surface area contributed by atoms with Crippen LogP contribution in [-0.2, 0) is 11.3 Å². The van der Waals surface area contributed by atoms with Crippen LogP contribution in [0.3, 0.4) is 0 Å². The van der Waals surface area contributed by atoms with Gasteiger partial charge in [-0.05, 0) is 37.8 Å². The highest BCUT2D eigenvalue weighted by Crippen LogP contribution is 2.15. The quantitative estimate of drug-likeness (QED) is 0.621. The fourth-order valence-corrected chi connectivity index (χ4v) is 2.76. The Morgan fingerprint density at radius 1 is 1.48 bits per heavy atom. The summed E-state index contributed by atoms with van der Waals surface area (Å²) >= 11 is 0. The molecule has 2 rings (SSSR count). The number of rotatable bonds is 6. The number of hydrogen-bond donors (Lipinski definition) is 2. The van der Waals surface area contributed by atoms with Gasteiger partial charge in [0.25, 0.3) is 0 Å². The molecule has 0 bridgehead atoms. The van der Waals surface area contributed by atoms with Crippen molar-refractivity contribution in [1.82, 2.24) is 15.5 Å². The fourth-order valence-electron chi connectivity index (χ4n) is 2.76. The summed E-state index contributed by atoms with van der Waals surface area (Å²) in [7, 11) is 0. The summed E-state index contributed by atoms with van der Waals surface area (Å²) < 4.78 is 5.27. The van der Waals surface area contributed by atoms with E-state index in [0.29, 0.717) is 31.4 Å². The van der Waals surface area contributed by atoms with Crippen LogP contribution >= 0.6 is 0 Å². The molecule has 1 amide bonds. The lowest BCUT2D eigenvalue weighted by Crippen LogP contribution is -2.42. The number of guanidine groups is 1. The molecular weight excluding hydrogens is 292 g/mol. The second-order valence-electron chi connectivity index (χ2n) is 6.04. The molecule has 1 aliphatic rings. The van der Waals surface area contributed by atoms with Crippen LogP contribution in [0.4, 0.5) is 0 Å². The molecule has 2 heterocycles. The van der Waals surface area contributed by atoms with Crippen molar-refractivity contribution in [2.45, 2.75) is 39.7 Å². The number of carbonyl (C=O) groups is 1. The first kappa shape index (κ1) is 17.4. The number of nitrogens with zero attached hydrogens (tertiary/aromatic N) is 2. The number of hydrogen-bond acceptors (Lipinski definition) is 3. The van der Waals surface area contributed by atoms with E-state index in [-0.39, 0.29) is 5.91 Å². The van der Waals surface area contributed by atoms with E-state index in [0.717, 1.165) is 31.8 Å². The number of likely N-dealkylation sites (tertiary alicyclic amines) is 1. The van der Waals surface area contributed by atoms with Crippen molar-refractivity contribution in [3.05, 3.63) is 24.2 Å². The second kappa shape index (κ2) is 9.22. The monoisotopic (exact) mass is 320 g/mol. The molecule has 1 aromatic heterocycles. The molecule has 1 unspecified atom stereocenters. The van der Waals surface area contributed by atoms with Crippen LogP contribution in [0.5, 0.6) is 0 Å². The fraction of sp³-hybridized carbons (Fsp3) is 0.647. The van der Waals surface area contributed by atoms with Crippen molar-refractivity contribution in [2.24, 2.45) is 10.9 Å². The van der Waals surface area contributed by atoms with Crippen molar-refractivity contribution in [1.29, 1.82) is 0 Å². The molecule has 0 radical (unpaired) electrons. The van der Waals surface area contributed by atoms with Gasteiger partial charge in [0.1, 0.15) is 12.3 Å². The number of piperidine rings is 1. The summed E-state index contributed by atoms with van der Waals surface area (Å²) in [5.41, 5.74) is 0. The maximum Gasteiger partial charge on any atom is 0.224 e. The lowest BCUT2D eigenvalue weighted by molar-refractivity contribution is -0.132. The van der Waals surface area contributed by atoms with Crippen LogP contribution in [-0.4, -0.2) is 42.9 Å². The van der Waals surface area contributed by atoms with Gasteiger partial charge in [-0.15, -0.1) is 0 Å².